The number of carbonyl (C=O) groups is 1. The lowest BCUT2D eigenvalue weighted by Gasteiger charge is -2.31. The fraction of sp³-hybridized carbons (Fsp3) is 0.300. The minimum absolute atomic E-state index is 0.0290. The number of piperazine rings is 1. The summed E-state index contributed by atoms with van der Waals surface area (Å²) in [6, 6.07) is 7.49. The van der Waals surface area contributed by atoms with Gasteiger partial charge in [-0.1, -0.05) is 6.07 Å². The molecule has 1 unspecified atom stereocenters. The minimum Gasteiger partial charge on any atom is -0.440 e. The topological polar surface area (TPSA) is 67.6 Å². The van der Waals surface area contributed by atoms with Crippen LogP contribution in [-0.4, -0.2) is 37.1 Å². The van der Waals surface area contributed by atoms with Gasteiger partial charge < -0.3 is 19.4 Å². The smallest absolute Gasteiger partial charge is 0.324 e. The number of esters is 1. The highest BCUT2D eigenvalue weighted by Gasteiger charge is 2.36. The van der Waals surface area contributed by atoms with Crippen molar-refractivity contribution in [1.29, 1.82) is 0 Å². The summed E-state index contributed by atoms with van der Waals surface area (Å²) in [5.41, 5.74) is 1.27. The second-order valence-corrected chi connectivity index (χ2v) is 6.96. The zero-order valence-corrected chi connectivity index (χ0v) is 14.9. The Hall–Kier alpha value is -3.00. The molecule has 6 nitrogen and oxygen atoms in total. The summed E-state index contributed by atoms with van der Waals surface area (Å²) >= 11 is 0. The van der Waals surface area contributed by atoms with E-state index in [1.54, 1.807) is 12.1 Å². The quantitative estimate of drug-likeness (QED) is 0.541. The number of nitrogens with zero attached hydrogens (tertiary/aromatic N) is 2. The predicted molar refractivity (Wildman–Crippen MR) is 97.5 cm³/mol. The molecule has 0 radical (unpaired) electrons. The van der Waals surface area contributed by atoms with Crippen LogP contribution in [-0.2, 0) is 11.2 Å². The van der Waals surface area contributed by atoms with Crippen molar-refractivity contribution < 1.29 is 22.7 Å². The van der Waals surface area contributed by atoms with Crippen LogP contribution >= 0.6 is 0 Å². The van der Waals surface area contributed by atoms with Crippen LogP contribution in [0.4, 0.5) is 14.5 Å². The largest absolute Gasteiger partial charge is 0.440 e. The summed E-state index contributed by atoms with van der Waals surface area (Å²) in [7, 11) is 0. The molecule has 28 heavy (non-hydrogen) atoms. The van der Waals surface area contributed by atoms with E-state index < -0.39 is 23.5 Å². The molecule has 1 fully saturated rings. The van der Waals surface area contributed by atoms with Crippen LogP contribution in [0.15, 0.2) is 34.7 Å². The minimum atomic E-state index is -0.918. The number of fused-ring (bicyclic) bond motifs is 2. The van der Waals surface area contributed by atoms with E-state index in [9.17, 15) is 13.6 Å². The summed E-state index contributed by atoms with van der Waals surface area (Å²) in [6.45, 7) is 3.14. The molecule has 0 bridgehead atoms. The normalized spacial score (nSPS) is 19.6. The van der Waals surface area contributed by atoms with Gasteiger partial charge in [0.25, 0.3) is 0 Å². The third-order valence-corrected chi connectivity index (χ3v) is 5.21. The zero-order chi connectivity index (χ0) is 19.3. The van der Waals surface area contributed by atoms with E-state index in [4.69, 9.17) is 9.15 Å². The van der Waals surface area contributed by atoms with E-state index in [0.29, 0.717) is 11.3 Å². The molecule has 0 saturated carbocycles. The number of hydrogen-bond acceptors (Lipinski definition) is 6. The third-order valence-electron chi connectivity index (χ3n) is 5.21. The number of benzene rings is 2. The van der Waals surface area contributed by atoms with E-state index >= 15 is 0 Å². The van der Waals surface area contributed by atoms with Crippen LogP contribution in [0, 0.1) is 11.6 Å². The number of rotatable bonds is 2. The van der Waals surface area contributed by atoms with Gasteiger partial charge in [-0.25, -0.2) is 13.8 Å². The molecule has 144 valence electrons. The standard InChI is InChI=1S/C20H17F2N3O3/c21-14-2-1-3-16-18(14)24-19(27-16)13-10-12-15(22)8-11(9-17(12)28-20(13)26)25-6-4-23-5-7-25/h1-3,8-9,13,23H,4-7,10H2. The molecular weight excluding hydrogens is 368 g/mol. The number of anilines is 1. The Kier molecular flexibility index (Phi) is 4.01. The molecule has 2 aliphatic rings. The number of aromatic nitrogens is 1. The van der Waals surface area contributed by atoms with Crippen molar-refractivity contribution >= 4 is 22.8 Å². The summed E-state index contributed by atoms with van der Waals surface area (Å²) in [6.07, 6.45) is 0.0519. The van der Waals surface area contributed by atoms with Crippen molar-refractivity contribution in [3.63, 3.8) is 0 Å². The Bertz CT molecular complexity index is 1080. The summed E-state index contributed by atoms with van der Waals surface area (Å²) in [5, 5.41) is 3.24. The Morgan fingerprint density at radius 3 is 2.75 bits per heavy atom. The number of halogens is 2. The van der Waals surface area contributed by atoms with Crippen molar-refractivity contribution in [1.82, 2.24) is 10.3 Å². The van der Waals surface area contributed by atoms with Crippen molar-refractivity contribution in [3.05, 3.63) is 53.4 Å². The molecule has 0 spiro atoms. The second-order valence-electron chi connectivity index (χ2n) is 6.96. The van der Waals surface area contributed by atoms with Gasteiger partial charge in [-0.3, -0.25) is 4.79 Å². The molecule has 1 saturated heterocycles. The molecule has 5 rings (SSSR count). The Morgan fingerprint density at radius 2 is 1.96 bits per heavy atom. The maximum atomic E-state index is 14.8. The number of hydrogen-bond donors (Lipinski definition) is 1. The number of oxazole rings is 1. The van der Waals surface area contributed by atoms with Gasteiger partial charge in [0, 0.05) is 49.9 Å². The number of para-hydroxylation sites is 1. The fourth-order valence-electron chi connectivity index (χ4n) is 3.73. The van der Waals surface area contributed by atoms with E-state index in [1.807, 2.05) is 4.90 Å². The molecule has 2 aliphatic heterocycles. The lowest BCUT2D eigenvalue weighted by molar-refractivity contribution is -0.137. The highest BCUT2D eigenvalue weighted by molar-refractivity contribution is 5.84. The first-order valence-corrected chi connectivity index (χ1v) is 9.15. The maximum Gasteiger partial charge on any atom is 0.324 e. The van der Waals surface area contributed by atoms with Crippen molar-refractivity contribution in [2.45, 2.75) is 12.3 Å². The van der Waals surface area contributed by atoms with Gasteiger partial charge in [-0.05, 0) is 18.2 Å². The van der Waals surface area contributed by atoms with Gasteiger partial charge in [0.15, 0.2) is 11.4 Å². The first-order valence-electron chi connectivity index (χ1n) is 9.15. The highest BCUT2D eigenvalue weighted by Crippen LogP contribution is 2.38. The monoisotopic (exact) mass is 385 g/mol. The molecule has 3 heterocycles. The lowest BCUT2D eigenvalue weighted by Crippen LogP contribution is -2.43. The zero-order valence-electron chi connectivity index (χ0n) is 14.9. The molecule has 8 heteroatoms. The van der Waals surface area contributed by atoms with E-state index in [0.717, 1.165) is 26.2 Å². The van der Waals surface area contributed by atoms with Gasteiger partial charge in [0.1, 0.15) is 23.0 Å². The maximum absolute atomic E-state index is 14.8. The average Bonchev–Trinajstić information content (AvgIpc) is 3.13. The number of carbonyl (C=O) groups excluding carboxylic acids is 1. The Morgan fingerprint density at radius 1 is 1.14 bits per heavy atom. The Labute approximate surface area is 159 Å². The lowest BCUT2D eigenvalue weighted by atomic mass is 9.95. The Balaban J connectivity index is 1.49. The van der Waals surface area contributed by atoms with E-state index in [-0.39, 0.29) is 29.2 Å². The molecule has 0 amide bonds. The first kappa shape index (κ1) is 17.1. The summed E-state index contributed by atoms with van der Waals surface area (Å²) in [4.78, 5) is 18.7. The van der Waals surface area contributed by atoms with Gasteiger partial charge in [-0.15, -0.1) is 0 Å². The second kappa shape index (κ2) is 6.56. The van der Waals surface area contributed by atoms with Gasteiger partial charge in [-0.2, -0.15) is 0 Å². The molecule has 0 aliphatic carbocycles. The summed E-state index contributed by atoms with van der Waals surface area (Å²) < 4.78 is 39.7. The van der Waals surface area contributed by atoms with E-state index in [2.05, 4.69) is 10.3 Å². The number of ether oxygens (including phenoxy) is 1. The van der Waals surface area contributed by atoms with Gasteiger partial charge in [0.2, 0.25) is 5.89 Å². The molecule has 3 aromatic rings. The van der Waals surface area contributed by atoms with Crippen LogP contribution in [0.5, 0.6) is 5.75 Å². The fourth-order valence-corrected chi connectivity index (χ4v) is 3.73. The molecule has 2 aromatic carbocycles. The van der Waals surface area contributed by atoms with Crippen molar-refractivity contribution in [3.8, 4) is 5.75 Å². The molecular formula is C20H17F2N3O3. The van der Waals surface area contributed by atoms with Crippen LogP contribution < -0.4 is 15.0 Å². The van der Waals surface area contributed by atoms with Crippen molar-refractivity contribution in [2.24, 2.45) is 0 Å². The van der Waals surface area contributed by atoms with Crippen LogP contribution in [0.1, 0.15) is 17.4 Å². The molecule has 1 N–H and O–H groups in total. The van der Waals surface area contributed by atoms with Crippen LogP contribution in [0.2, 0.25) is 0 Å². The molecule has 1 atom stereocenters. The van der Waals surface area contributed by atoms with Gasteiger partial charge in [0.05, 0.1) is 0 Å². The van der Waals surface area contributed by atoms with Gasteiger partial charge >= 0.3 is 5.97 Å². The summed E-state index contributed by atoms with van der Waals surface area (Å²) in [5.74, 6) is -2.23. The van der Waals surface area contributed by atoms with Crippen molar-refractivity contribution in [2.75, 3.05) is 31.1 Å². The molecule has 1 aromatic heterocycles. The van der Waals surface area contributed by atoms with Crippen LogP contribution in [0.3, 0.4) is 0 Å². The predicted octanol–water partition coefficient (Wildman–Crippen LogP) is 2.76. The first-order chi connectivity index (χ1) is 13.6. The number of nitrogens with one attached hydrogen (secondary N) is 1. The van der Waals surface area contributed by atoms with E-state index in [1.165, 1.54) is 18.2 Å². The average molecular weight is 385 g/mol. The van der Waals surface area contributed by atoms with Crippen LogP contribution in [0.25, 0.3) is 11.1 Å². The SMILES string of the molecule is O=C1Oc2cc(N3CCNCC3)cc(F)c2CC1c1nc2c(F)cccc2o1. The third kappa shape index (κ3) is 2.80. The highest BCUT2D eigenvalue weighted by atomic mass is 19.1.